The zero-order valence-electron chi connectivity index (χ0n) is 10.3. The van der Waals surface area contributed by atoms with E-state index in [1.54, 1.807) is 6.07 Å². The first-order valence-corrected chi connectivity index (χ1v) is 5.49. The minimum Gasteiger partial charge on any atom is -0.479 e. The summed E-state index contributed by atoms with van der Waals surface area (Å²) in [5, 5.41) is 27.1. The maximum absolute atomic E-state index is 11.0. The third kappa shape index (κ3) is 4.08. The van der Waals surface area contributed by atoms with Gasteiger partial charge in [-0.2, -0.15) is 5.26 Å². The van der Waals surface area contributed by atoms with E-state index >= 15 is 0 Å². The number of aliphatic hydroxyl groups excluding tert-OH is 1. The van der Waals surface area contributed by atoms with Crippen molar-refractivity contribution < 1.29 is 24.5 Å². The summed E-state index contributed by atoms with van der Waals surface area (Å²) < 4.78 is 4.50. The van der Waals surface area contributed by atoms with E-state index in [1.807, 2.05) is 6.07 Å². The standard InChI is InChI=1S/C13H13NO5/c1-19-11(15)3-2-8-4-9(7-14)6-10(5-8)12(16)13(17)18/h4-6,12,16H,2-3H2,1H3,(H,17,18). The second-order valence-electron chi connectivity index (χ2n) is 3.89. The lowest BCUT2D eigenvalue weighted by Gasteiger charge is -2.09. The van der Waals surface area contributed by atoms with Gasteiger partial charge in [0, 0.05) is 6.42 Å². The Morgan fingerprint density at radius 1 is 1.42 bits per heavy atom. The lowest BCUT2D eigenvalue weighted by atomic mass is 9.99. The Morgan fingerprint density at radius 3 is 2.63 bits per heavy atom. The van der Waals surface area contributed by atoms with E-state index in [2.05, 4.69) is 4.74 Å². The number of aryl methyl sites for hydroxylation is 1. The molecule has 0 bridgehead atoms. The first kappa shape index (κ1) is 14.7. The van der Waals surface area contributed by atoms with E-state index < -0.39 is 18.0 Å². The van der Waals surface area contributed by atoms with Crippen LogP contribution in [0.5, 0.6) is 0 Å². The Kier molecular flexibility index (Phi) is 5.03. The number of benzene rings is 1. The molecular weight excluding hydrogens is 250 g/mol. The molecule has 0 aliphatic rings. The molecule has 1 aromatic rings. The Balaban J connectivity index is 2.99. The zero-order chi connectivity index (χ0) is 14.4. The predicted octanol–water partition coefficient (Wildman–Crippen LogP) is 0.782. The fraction of sp³-hybridized carbons (Fsp3) is 0.308. The molecule has 0 heterocycles. The Bertz CT molecular complexity index is 532. The van der Waals surface area contributed by atoms with Gasteiger partial charge in [-0.1, -0.05) is 6.07 Å². The minimum atomic E-state index is -1.69. The van der Waals surface area contributed by atoms with E-state index in [-0.39, 0.29) is 17.5 Å². The maximum atomic E-state index is 11.0. The van der Waals surface area contributed by atoms with Crippen LogP contribution in [0.1, 0.15) is 29.2 Å². The number of carbonyl (C=O) groups is 2. The lowest BCUT2D eigenvalue weighted by Crippen LogP contribution is -2.11. The number of aliphatic carboxylic acids is 1. The van der Waals surface area contributed by atoms with Crippen LogP contribution in [0.25, 0.3) is 0 Å². The fourth-order valence-corrected chi connectivity index (χ4v) is 1.58. The van der Waals surface area contributed by atoms with E-state index in [4.69, 9.17) is 10.4 Å². The highest BCUT2D eigenvalue weighted by Gasteiger charge is 2.17. The monoisotopic (exact) mass is 263 g/mol. The lowest BCUT2D eigenvalue weighted by molar-refractivity contribution is -0.147. The van der Waals surface area contributed by atoms with Gasteiger partial charge in [-0.25, -0.2) is 4.79 Å². The van der Waals surface area contributed by atoms with Crippen molar-refractivity contribution >= 4 is 11.9 Å². The molecule has 0 radical (unpaired) electrons. The summed E-state index contributed by atoms with van der Waals surface area (Å²) in [5.74, 6) is -1.79. The van der Waals surface area contributed by atoms with Gasteiger partial charge in [0.1, 0.15) is 0 Å². The molecule has 1 rings (SSSR count). The molecule has 6 nitrogen and oxygen atoms in total. The molecule has 0 spiro atoms. The number of rotatable bonds is 5. The molecule has 1 atom stereocenters. The normalized spacial score (nSPS) is 11.4. The van der Waals surface area contributed by atoms with Crippen LogP contribution in [-0.2, 0) is 20.7 Å². The minimum absolute atomic E-state index is 0.117. The zero-order valence-corrected chi connectivity index (χ0v) is 10.3. The van der Waals surface area contributed by atoms with Crippen molar-refractivity contribution in [1.29, 1.82) is 5.26 Å². The molecule has 0 saturated heterocycles. The summed E-state index contributed by atoms with van der Waals surface area (Å²) in [7, 11) is 1.27. The van der Waals surface area contributed by atoms with E-state index in [0.29, 0.717) is 12.0 Å². The number of esters is 1. The summed E-state index contributed by atoms with van der Waals surface area (Å²) in [5.41, 5.74) is 0.948. The number of ether oxygens (including phenoxy) is 1. The average molecular weight is 263 g/mol. The second-order valence-corrected chi connectivity index (χ2v) is 3.89. The molecule has 19 heavy (non-hydrogen) atoms. The number of hydrogen-bond acceptors (Lipinski definition) is 5. The first-order chi connectivity index (χ1) is 8.97. The van der Waals surface area contributed by atoms with Crippen molar-refractivity contribution in [3.05, 3.63) is 34.9 Å². The molecule has 0 aliphatic heterocycles. The number of nitrogens with zero attached hydrogens (tertiary/aromatic N) is 1. The molecule has 0 saturated carbocycles. The number of nitriles is 1. The summed E-state index contributed by atoms with van der Waals surface area (Å²) >= 11 is 0. The summed E-state index contributed by atoms with van der Waals surface area (Å²) in [4.78, 5) is 21.8. The van der Waals surface area contributed by atoms with E-state index in [9.17, 15) is 14.7 Å². The van der Waals surface area contributed by atoms with Crippen molar-refractivity contribution in [3.63, 3.8) is 0 Å². The number of aliphatic hydroxyl groups is 1. The Hall–Kier alpha value is -2.39. The maximum Gasteiger partial charge on any atom is 0.337 e. The molecule has 2 N–H and O–H groups in total. The van der Waals surface area contributed by atoms with Crippen molar-refractivity contribution in [1.82, 2.24) is 0 Å². The van der Waals surface area contributed by atoms with E-state index in [0.717, 1.165) is 0 Å². The van der Waals surface area contributed by atoms with Crippen molar-refractivity contribution in [2.24, 2.45) is 0 Å². The van der Waals surface area contributed by atoms with Gasteiger partial charge in [-0.3, -0.25) is 4.79 Å². The highest BCUT2D eigenvalue weighted by Crippen LogP contribution is 2.18. The van der Waals surface area contributed by atoms with Crippen LogP contribution in [0.15, 0.2) is 18.2 Å². The van der Waals surface area contributed by atoms with Crippen LogP contribution in [0.3, 0.4) is 0 Å². The van der Waals surface area contributed by atoms with Crippen LogP contribution in [0, 0.1) is 11.3 Å². The van der Waals surface area contributed by atoms with Crippen LogP contribution in [0.2, 0.25) is 0 Å². The Morgan fingerprint density at radius 2 is 2.11 bits per heavy atom. The third-order valence-corrected chi connectivity index (χ3v) is 2.54. The number of carboxylic acids is 1. The van der Waals surface area contributed by atoms with Gasteiger partial charge in [0.15, 0.2) is 6.10 Å². The highest BCUT2D eigenvalue weighted by atomic mass is 16.5. The molecule has 0 aliphatic carbocycles. The summed E-state index contributed by atoms with van der Waals surface area (Å²) in [6.45, 7) is 0. The second kappa shape index (κ2) is 6.52. The van der Waals surface area contributed by atoms with Crippen LogP contribution in [-0.4, -0.2) is 29.3 Å². The molecule has 100 valence electrons. The van der Waals surface area contributed by atoms with Gasteiger partial charge in [-0.15, -0.1) is 0 Å². The molecule has 0 amide bonds. The number of carbonyl (C=O) groups excluding carboxylic acids is 1. The van der Waals surface area contributed by atoms with Gasteiger partial charge in [0.25, 0.3) is 0 Å². The van der Waals surface area contributed by atoms with Crippen molar-refractivity contribution in [2.45, 2.75) is 18.9 Å². The smallest absolute Gasteiger partial charge is 0.337 e. The molecule has 1 unspecified atom stereocenters. The first-order valence-electron chi connectivity index (χ1n) is 5.49. The van der Waals surface area contributed by atoms with Gasteiger partial charge in [0.2, 0.25) is 0 Å². The third-order valence-electron chi connectivity index (χ3n) is 2.54. The number of methoxy groups -OCH3 is 1. The Labute approximate surface area is 109 Å². The predicted molar refractivity (Wildman–Crippen MR) is 64.1 cm³/mol. The number of hydrogen-bond donors (Lipinski definition) is 2. The molecule has 6 heteroatoms. The van der Waals surface area contributed by atoms with Crippen molar-refractivity contribution in [3.8, 4) is 6.07 Å². The summed E-state index contributed by atoms with van der Waals surface area (Å²) in [6.07, 6.45) is -1.26. The molecule has 0 aromatic heterocycles. The average Bonchev–Trinajstić information content (AvgIpc) is 2.43. The van der Waals surface area contributed by atoms with Gasteiger partial charge >= 0.3 is 11.9 Å². The fourth-order valence-electron chi connectivity index (χ4n) is 1.58. The molecular formula is C13H13NO5. The van der Waals surface area contributed by atoms with Crippen LogP contribution < -0.4 is 0 Å². The largest absolute Gasteiger partial charge is 0.479 e. The van der Waals surface area contributed by atoms with Crippen LogP contribution >= 0.6 is 0 Å². The van der Waals surface area contributed by atoms with Gasteiger partial charge in [-0.05, 0) is 29.7 Å². The molecule has 1 aromatic carbocycles. The SMILES string of the molecule is COC(=O)CCc1cc(C#N)cc(C(O)C(=O)O)c1. The quantitative estimate of drug-likeness (QED) is 0.760. The van der Waals surface area contributed by atoms with Crippen LogP contribution in [0.4, 0.5) is 0 Å². The topological polar surface area (TPSA) is 108 Å². The highest BCUT2D eigenvalue weighted by molar-refractivity contribution is 5.74. The van der Waals surface area contributed by atoms with Crippen molar-refractivity contribution in [2.75, 3.05) is 7.11 Å². The number of carboxylic acid groups (broad SMARTS) is 1. The van der Waals surface area contributed by atoms with Gasteiger partial charge in [0.05, 0.1) is 18.7 Å². The van der Waals surface area contributed by atoms with Gasteiger partial charge < -0.3 is 14.9 Å². The van der Waals surface area contributed by atoms with E-state index in [1.165, 1.54) is 19.2 Å². The summed E-state index contributed by atoms with van der Waals surface area (Å²) in [6, 6.07) is 6.19. The molecule has 0 fully saturated rings.